The van der Waals surface area contributed by atoms with Crippen LogP contribution in [0.15, 0.2) is 24.3 Å². The first-order chi connectivity index (χ1) is 11.3. The van der Waals surface area contributed by atoms with E-state index in [0.29, 0.717) is 12.6 Å². The zero-order valence-electron chi connectivity index (χ0n) is 13.5. The highest BCUT2D eigenvalue weighted by Crippen LogP contribution is 2.22. The number of amides is 1. The summed E-state index contributed by atoms with van der Waals surface area (Å²) in [5, 5.41) is 4.74. The van der Waals surface area contributed by atoms with Crippen LogP contribution in [0.1, 0.15) is 24.8 Å². The van der Waals surface area contributed by atoms with Crippen molar-refractivity contribution in [2.45, 2.75) is 32.2 Å². The fourth-order valence-corrected chi connectivity index (χ4v) is 3.89. The average molecular weight is 333 g/mol. The second kappa shape index (κ2) is 7.75. The van der Waals surface area contributed by atoms with E-state index in [1.165, 1.54) is 9.71 Å². The van der Waals surface area contributed by atoms with Crippen molar-refractivity contribution in [2.75, 3.05) is 26.2 Å². The SMILES string of the molecule is CCOC(=O)N1CC[C@@H](NCCCc2nc3ccccc3s2)C1. The van der Waals surface area contributed by atoms with Crippen LogP contribution < -0.4 is 5.32 Å². The smallest absolute Gasteiger partial charge is 0.409 e. The summed E-state index contributed by atoms with van der Waals surface area (Å²) in [6, 6.07) is 8.66. The van der Waals surface area contributed by atoms with E-state index < -0.39 is 0 Å². The zero-order valence-corrected chi connectivity index (χ0v) is 14.3. The van der Waals surface area contributed by atoms with Gasteiger partial charge in [-0.1, -0.05) is 12.1 Å². The Bertz CT molecular complexity index is 625. The molecule has 1 fully saturated rings. The predicted molar refractivity (Wildman–Crippen MR) is 92.9 cm³/mol. The second-order valence-electron chi connectivity index (χ2n) is 5.76. The molecule has 0 bridgehead atoms. The quantitative estimate of drug-likeness (QED) is 0.826. The highest BCUT2D eigenvalue weighted by atomic mass is 32.1. The largest absolute Gasteiger partial charge is 0.450 e. The first-order valence-corrected chi connectivity index (χ1v) is 9.07. The number of nitrogens with one attached hydrogen (secondary N) is 1. The van der Waals surface area contributed by atoms with Crippen molar-refractivity contribution < 1.29 is 9.53 Å². The molecule has 3 rings (SSSR count). The Kier molecular flexibility index (Phi) is 5.46. The molecule has 124 valence electrons. The number of nitrogens with zero attached hydrogens (tertiary/aromatic N) is 2. The molecule has 1 atom stereocenters. The first-order valence-electron chi connectivity index (χ1n) is 8.26. The fraction of sp³-hybridized carbons (Fsp3) is 0.529. The van der Waals surface area contributed by atoms with Crippen LogP contribution in [0.2, 0.25) is 0 Å². The first kappa shape index (κ1) is 16.2. The van der Waals surface area contributed by atoms with Gasteiger partial charge in [0.15, 0.2) is 0 Å². The molecule has 1 amide bonds. The van der Waals surface area contributed by atoms with Gasteiger partial charge in [0.05, 0.1) is 21.8 Å². The van der Waals surface area contributed by atoms with Gasteiger partial charge in [-0.2, -0.15) is 0 Å². The molecular weight excluding hydrogens is 310 g/mol. The van der Waals surface area contributed by atoms with E-state index in [0.717, 1.165) is 44.4 Å². The van der Waals surface area contributed by atoms with Crippen molar-refractivity contribution in [3.05, 3.63) is 29.3 Å². The number of ether oxygens (including phenoxy) is 1. The van der Waals surface area contributed by atoms with Crippen molar-refractivity contribution in [3.8, 4) is 0 Å². The van der Waals surface area contributed by atoms with Gasteiger partial charge in [-0.15, -0.1) is 11.3 Å². The van der Waals surface area contributed by atoms with Gasteiger partial charge in [0, 0.05) is 25.6 Å². The molecule has 1 aromatic heterocycles. The zero-order chi connectivity index (χ0) is 16.1. The van der Waals surface area contributed by atoms with Crippen molar-refractivity contribution >= 4 is 27.6 Å². The third-order valence-corrected chi connectivity index (χ3v) is 5.15. The molecule has 5 nitrogen and oxygen atoms in total. The van der Waals surface area contributed by atoms with Crippen molar-refractivity contribution in [3.63, 3.8) is 0 Å². The normalized spacial score (nSPS) is 17.8. The highest BCUT2D eigenvalue weighted by molar-refractivity contribution is 7.18. The summed E-state index contributed by atoms with van der Waals surface area (Å²) in [7, 11) is 0. The van der Waals surface area contributed by atoms with Crippen molar-refractivity contribution in [2.24, 2.45) is 0 Å². The number of hydrogen-bond donors (Lipinski definition) is 1. The van der Waals surface area contributed by atoms with Gasteiger partial charge in [0.1, 0.15) is 0 Å². The Morgan fingerprint density at radius 3 is 3.17 bits per heavy atom. The summed E-state index contributed by atoms with van der Waals surface area (Å²) in [5.41, 5.74) is 1.10. The Labute approximate surface area is 140 Å². The van der Waals surface area contributed by atoms with Crippen LogP contribution in [0, 0.1) is 0 Å². The van der Waals surface area contributed by atoms with E-state index in [1.807, 2.05) is 13.0 Å². The van der Waals surface area contributed by atoms with E-state index >= 15 is 0 Å². The van der Waals surface area contributed by atoms with Crippen LogP contribution in [0.4, 0.5) is 4.79 Å². The number of carbonyl (C=O) groups is 1. The summed E-state index contributed by atoms with van der Waals surface area (Å²) in [4.78, 5) is 18.1. The standard InChI is InChI=1S/C17H23N3O2S/c1-2-22-17(21)20-11-9-13(12-20)18-10-5-8-16-19-14-6-3-4-7-15(14)23-16/h3-4,6-7,13,18H,2,5,8-12H2,1H3/t13-/m1/s1. The number of thiazole rings is 1. The predicted octanol–water partition coefficient (Wildman–Crippen LogP) is 3.05. The van der Waals surface area contributed by atoms with Gasteiger partial charge < -0.3 is 15.0 Å². The number of likely N-dealkylation sites (tertiary alicyclic amines) is 1. The second-order valence-corrected chi connectivity index (χ2v) is 6.88. The van der Waals surface area contributed by atoms with E-state index in [9.17, 15) is 4.79 Å². The third kappa shape index (κ3) is 4.20. The molecule has 6 heteroatoms. The van der Waals surface area contributed by atoms with E-state index in [1.54, 1.807) is 16.2 Å². The lowest BCUT2D eigenvalue weighted by Gasteiger charge is -2.16. The number of fused-ring (bicyclic) bond motifs is 1. The van der Waals surface area contributed by atoms with Crippen LogP contribution in [0.5, 0.6) is 0 Å². The number of carbonyl (C=O) groups excluding carboxylic acids is 1. The number of aromatic nitrogens is 1. The molecule has 0 radical (unpaired) electrons. The monoisotopic (exact) mass is 333 g/mol. The van der Waals surface area contributed by atoms with Crippen LogP contribution in [0.25, 0.3) is 10.2 Å². The summed E-state index contributed by atoms with van der Waals surface area (Å²) in [6.07, 6.45) is 2.88. The van der Waals surface area contributed by atoms with Crippen LogP contribution in [0.3, 0.4) is 0 Å². The third-order valence-electron chi connectivity index (χ3n) is 4.05. The lowest BCUT2D eigenvalue weighted by molar-refractivity contribution is 0.115. The topological polar surface area (TPSA) is 54.5 Å². The summed E-state index contributed by atoms with van der Waals surface area (Å²) in [5.74, 6) is 0. The maximum absolute atomic E-state index is 11.7. The molecule has 1 aliphatic heterocycles. The minimum atomic E-state index is -0.189. The Morgan fingerprint density at radius 1 is 1.48 bits per heavy atom. The number of benzene rings is 1. The molecule has 1 saturated heterocycles. The molecule has 1 aliphatic rings. The van der Waals surface area contributed by atoms with Gasteiger partial charge in [0.25, 0.3) is 0 Å². The number of hydrogen-bond acceptors (Lipinski definition) is 5. The average Bonchev–Trinajstić information content (AvgIpc) is 3.18. The molecule has 1 N–H and O–H groups in total. The molecule has 2 heterocycles. The Balaban J connectivity index is 1.38. The van der Waals surface area contributed by atoms with E-state index in [2.05, 4.69) is 28.5 Å². The molecule has 0 saturated carbocycles. The van der Waals surface area contributed by atoms with Gasteiger partial charge in [-0.25, -0.2) is 9.78 Å². The number of aryl methyl sites for hydroxylation is 1. The maximum Gasteiger partial charge on any atom is 0.409 e. The lowest BCUT2D eigenvalue weighted by atomic mass is 10.2. The Morgan fingerprint density at radius 2 is 2.35 bits per heavy atom. The van der Waals surface area contributed by atoms with Gasteiger partial charge >= 0.3 is 6.09 Å². The highest BCUT2D eigenvalue weighted by Gasteiger charge is 2.26. The molecule has 2 aromatic rings. The summed E-state index contributed by atoms with van der Waals surface area (Å²) < 4.78 is 6.30. The lowest BCUT2D eigenvalue weighted by Crippen LogP contribution is -2.35. The van der Waals surface area contributed by atoms with E-state index in [-0.39, 0.29) is 6.09 Å². The molecule has 0 spiro atoms. The molecule has 0 unspecified atom stereocenters. The van der Waals surface area contributed by atoms with Gasteiger partial charge in [-0.3, -0.25) is 0 Å². The fourth-order valence-electron chi connectivity index (χ4n) is 2.88. The van der Waals surface area contributed by atoms with Crippen molar-refractivity contribution in [1.29, 1.82) is 0 Å². The molecular formula is C17H23N3O2S. The molecule has 23 heavy (non-hydrogen) atoms. The minimum Gasteiger partial charge on any atom is -0.450 e. The summed E-state index contributed by atoms with van der Waals surface area (Å²) >= 11 is 1.78. The summed E-state index contributed by atoms with van der Waals surface area (Å²) in [6.45, 7) is 4.77. The molecule has 0 aliphatic carbocycles. The van der Waals surface area contributed by atoms with Crippen LogP contribution in [-0.4, -0.2) is 48.3 Å². The van der Waals surface area contributed by atoms with Crippen molar-refractivity contribution in [1.82, 2.24) is 15.2 Å². The van der Waals surface area contributed by atoms with E-state index in [4.69, 9.17) is 4.74 Å². The van der Waals surface area contributed by atoms with Crippen LogP contribution >= 0.6 is 11.3 Å². The number of para-hydroxylation sites is 1. The number of rotatable bonds is 6. The van der Waals surface area contributed by atoms with Gasteiger partial charge in [-0.05, 0) is 38.4 Å². The van der Waals surface area contributed by atoms with Gasteiger partial charge in [0.2, 0.25) is 0 Å². The van der Waals surface area contributed by atoms with Crippen LogP contribution in [-0.2, 0) is 11.2 Å². The minimum absolute atomic E-state index is 0.189. The maximum atomic E-state index is 11.7. The molecule has 1 aromatic carbocycles. The Hall–Kier alpha value is -1.66.